The van der Waals surface area contributed by atoms with E-state index in [-0.39, 0.29) is 19.0 Å². The van der Waals surface area contributed by atoms with E-state index in [1.807, 2.05) is 35.2 Å². The fourth-order valence-electron chi connectivity index (χ4n) is 3.11. The van der Waals surface area contributed by atoms with Gasteiger partial charge in [0, 0.05) is 30.2 Å². The lowest BCUT2D eigenvalue weighted by molar-refractivity contribution is 0.281. The number of allylic oxidation sites excluding steroid dienone is 1. The largest absolute Gasteiger partial charge is 0.508 e. The van der Waals surface area contributed by atoms with Crippen LogP contribution in [0.3, 0.4) is 0 Å². The van der Waals surface area contributed by atoms with E-state index in [4.69, 9.17) is 11.5 Å². The maximum atomic E-state index is 9.43. The molecule has 0 amide bonds. The van der Waals surface area contributed by atoms with Gasteiger partial charge in [0.25, 0.3) is 0 Å². The number of aliphatic imine (C=N–C) groups is 1. The predicted molar refractivity (Wildman–Crippen MR) is 120 cm³/mol. The van der Waals surface area contributed by atoms with Crippen LogP contribution < -0.4 is 21.7 Å². The highest BCUT2D eigenvalue weighted by Gasteiger charge is 2.17. The van der Waals surface area contributed by atoms with Crippen LogP contribution in [0.4, 0.5) is 17.1 Å². The Balaban J connectivity index is 1.81. The first kappa shape index (κ1) is 21.4. The molecule has 1 atom stereocenters. The van der Waals surface area contributed by atoms with Gasteiger partial charge in [0.05, 0.1) is 36.4 Å². The Morgan fingerprint density at radius 3 is 2.20 bits per heavy atom. The third kappa shape index (κ3) is 5.38. The van der Waals surface area contributed by atoms with Gasteiger partial charge in [-0.25, -0.2) is 4.99 Å². The van der Waals surface area contributed by atoms with Crippen LogP contribution in [0.15, 0.2) is 77.1 Å². The standard InChI is InChI=1S/C22H27N5O3/c23-19-13-20(24)22(26-16-3-7-18(30)8-4-16)14-21(19)25-15-1-5-17(6-2-15)27(9-11-28)10-12-29/h1-8,13-14,20,26,28-30H,9-12,23-24H2. The van der Waals surface area contributed by atoms with Crippen molar-refractivity contribution in [3.63, 3.8) is 0 Å². The number of benzene rings is 2. The van der Waals surface area contributed by atoms with E-state index in [0.29, 0.717) is 30.2 Å². The lowest BCUT2D eigenvalue weighted by Gasteiger charge is -2.23. The molecule has 30 heavy (non-hydrogen) atoms. The first-order valence-corrected chi connectivity index (χ1v) is 9.66. The molecule has 0 heterocycles. The van der Waals surface area contributed by atoms with E-state index in [0.717, 1.165) is 17.1 Å². The van der Waals surface area contributed by atoms with Gasteiger partial charge in [0.15, 0.2) is 0 Å². The molecule has 8 nitrogen and oxygen atoms in total. The van der Waals surface area contributed by atoms with Crippen LogP contribution in [-0.4, -0.2) is 53.4 Å². The van der Waals surface area contributed by atoms with Crippen molar-refractivity contribution in [1.29, 1.82) is 0 Å². The van der Waals surface area contributed by atoms with E-state index in [1.54, 1.807) is 30.3 Å². The van der Waals surface area contributed by atoms with E-state index >= 15 is 0 Å². The summed E-state index contributed by atoms with van der Waals surface area (Å²) in [6, 6.07) is 13.8. The minimum Gasteiger partial charge on any atom is -0.508 e. The van der Waals surface area contributed by atoms with Crippen molar-refractivity contribution in [3.8, 4) is 5.75 Å². The summed E-state index contributed by atoms with van der Waals surface area (Å²) in [5.74, 6) is 0.189. The summed E-state index contributed by atoms with van der Waals surface area (Å²) >= 11 is 0. The van der Waals surface area contributed by atoms with Crippen molar-refractivity contribution in [2.24, 2.45) is 16.5 Å². The molecule has 0 aliphatic heterocycles. The topological polar surface area (TPSA) is 140 Å². The second kappa shape index (κ2) is 9.93. The number of nitrogens with two attached hydrogens (primary N) is 2. The lowest BCUT2D eigenvalue weighted by atomic mass is 10.0. The molecule has 158 valence electrons. The maximum Gasteiger partial charge on any atom is 0.115 e. The molecule has 0 bridgehead atoms. The van der Waals surface area contributed by atoms with Crippen LogP contribution in [-0.2, 0) is 0 Å². The monoisotopic (exact) mass is 409 g/mol. The van der Waals surface area contributed by atoms with Crippen molar-refractivity contribution in [1.82, 2.24) is 0 Å². The number of nitrogens with one attached hydrogen (secondary N) is 1. The van der Waals surface area contributed by atoms with Crippen LogP contribution >= 0.6 is 0 Å². The molecule has 0 spiro atoms. The average Bonchev–Trinajstić information content (AvgIpc) is 2.73. The molecule has 0 saturated heterocycles. The Morgan fingerprint density at radius 1 is 0.967 bits per heavy atom. The molecule has 0 aromatic heterocycles. The molecule has 3 rings (SSSR count). The number of phenols is 1. The number of nitrogens with zero attached hydrogens (tertiary/aromatic N) is 2. The molecule has 8 N–H and O–H groups in total. The van der Waals surface area contributed by atoms with Crippen LogP contribution in [0, 0.1) is 0 Å². The number of aliphatic hydroxyl groups excluding tert-OH is 2. The van der Waals surface area contributed by atoms with Crippen molar-refractivity contribution in [2.45, 2.75) is 6.04 Å². The van der Waals surface area contributed by atoms with Gasteiger partial charge >= 0.3 is 0 Å². The zero-order valence-corrected chi connectivity index (χ0v) is 16.6. The third-order valence-corrected chi connectivity index (χ3v) is 4.67. The zero-order chi connectivity index (χ0) is 21.5. The van der Waals surface area contributed by atoms with Crippen molar-refractivity contribution < 1.29 is 15.3 Å². The molecule has 2 aromatic carbocycles. The first-order valence-electron chi connectivity index (χ1n) is 9.66. The van der Waals surface area contributed by atoms with Gasteiger partial charge < -0.3 is 37.0 Å². The van der Waals surface area contributed by atoms with Crippen molar-refractivity contribution >= 4 is 22.8 Å². The molecule has 8 heteroatoms. The molecule has 0 saturated carbocycles. The Labute approximate surface area is 175 Å². The highest BCUT2D eigenvalue weighted by Crippen LogP contribution is 2.23. The summed E-state index contributed by atoms with van der Waals surface area (Å²) in [6.45, 7) is 0.897. The van der Waals surface area contributed by atoms with Crippen LogP contribution in [0.5, 0.6) is 5.75 Å². The molecular formula is C22H27N5O3. The Bertz CT molecular complexity index is 930. The normalized spacial score (nSPS) is 17.4. The lowest BCUT2D eigenvalue weighted by Crippen LogP contribution is -2.31. The molecular weight excluding hydrogens is 382 g/mol. The number of hydrogen-bond donors (Lipinski definition) is 6. The summed E-state index contributed by atoms with van der Waals surface area (Å²) < 4.78 is 0. The molecule has 1 unspecified atom stereocenters. The smallest absolute Gasteiger partial charge is 0.115 e. The number of anilines is 2. The maximum absolute atomic E-state index is 9.43. The number of rotatable bonds is 8. The fraction of sp³-hybridized carbons (Fsp3) is 0.227. The van der Waals surface area contributed by atoms with Crippen LogP contribution in [0.2, 0.25) is 0 Å². The fourth-order valence-corrected chi connectivity index (χ4v) is 3.11. The minimum absolute atomic E-state index is 0.00718. The van der Waals surface area contributed by atoms with Gasteiger partial charge in [-0.1, -0.05) is 0 Å². The van der Waals surface area contributed by atoms with Gasteiger partial charge in [0.1, 0.15) is 5.75 Å². The van der Waals surface area contributed by atoms with Crippen LogP contribution in [0.1, 0.15) is 0 Å². The molecule has 2 aromatic rings. The highest BCUT2D eigenvalue weighted by atomic mass is 16.3. The predicted octanol–water partition coefficient (Wildman–Crippen LogP) is 1.44. The SMILES string of the molecule is NC1=CC(N)C(Nc2ccc(O)cc2)=CC1=Nc1ccc(N(CCO)CCO)cc1. The number of hydrogen-bond acceptors (Lipinski definition) is 8. The average molecular weight is 409 g/mol. The quantitative estimate of drug-likeness (QED) is 0.362. The Kier molecular flexibility index (Phi) is 7.08. The summed E-state index contributed by atoms with van der Waals surface area (Å²) in [4.78, 5) is 6.52. The summed E-state index contributed by atoms with van der Waals surface area (Å²) in [7, 11) is 0. The van der Waals surface area contributed by atoms with Gasteiger partial charge in [-0.05, 0) is 60.7 Å². The highest BCUT2D eigenvalue weighted by molar-refractivity contribution is 6.10. The second-order valence-electron chi connectivity index (χ2n) is 6.87. The van der Waals surface area contributed by atoms with E-state index in [1.165, 1.54) is 0 Å². The number of phenolic OH excluding ortho intramolecular Hbond substituents is 1. The summed E-state index contributed by atoms with van der Waals surface area (Å²) in [5, 5.41) is 31.0. The first-order chi connectivity index (χ1) is 14.5. The van der Waals surface area contributed by atoms with Crippen molar-refractivity contribution in [2.75, 3.05) is 36.5 Å². The van der Waals surface area contributed by atoms with Gasteiger partial charge in [-0.3, -0.25) is 0 Å². The molecule has 1 aliphatic carbocycles. The van der Waals surface area contributed by atoms with Crippen molar-refractivity contribution in [3.05, 3.63) is 72.1 Å². The minimum atomic E-state index is -0.398. The van der Waals surface area contributed by atoms with E-state index in [2.05, 4.69) is 10.3 Å². The Morgan fingerprint density at radius 2 is 1.60 bits per heavy atom. The van der Waals surface area contributed by atoms with Gasteiger partial charge in [-0.15, -0.1) is 0 Å². The second-order valence-corrected chi connectivity index (χ2v) is 6.87. The van der Waals surface area contributed by atoms with Crippen LogP contribution in [0.25, 0.3) is 0 Å². The molecule has 0 fully saturated rings. The third-order valence-electron chi connectivity index (χ3n) is 4.67. The van der Waals surface area contributed by atoms with E-state index < -0.39 is 6.04 Å². The summed E-state index contributed by atoms with van der Waals surface area (Å²) in [6.07, 6.45) is 3.55. The summed E-state index contributed by atoms with van der Waals surface area (Å²) in [5.41, 5.74) is 16.5. The molecule has 0 radical (unpaired) electrons. The zero-order valence-electron chi connectivity index (χ0n) is 16.6. The number of aliphatic hydroxyl groups is 2. The van der Waals surface area contributed by atoms with Gasteiger partial charge in [0.2, 0.25) is 0 Å². The number of aromatic hydroxyl groups is 1. The van der Waals surface area contributed by atoms with E-state index in [9.17, 15) is 15.3 Å². The molecule has 1 aliphatic rings. The van der Waals surface area contributed by atoms with Gasteiger partial charge in [-0.2, -0.15) is 0 Å². The Hall–Kier alpha value is -3.33.